The lowest BCUT2D eigenvalue weighted by atomic mass is 9.98. The third-order valence-corrected chi connectivity index (χ3v) is 9.47. The van der Waals surface area contributed by atoms with Crippen LogP contribution in [0.5, 0.6) is 0 Å². The average molecular weight is 629 g/mol. The summed E-state index contributed by atoms with van der Waals surface area (Å²) >= 11 is 0. The molecule has 0 spiro atoms. The van der Waals surface area contributed by atoms with E-state index >= 15 is 0 Å². The maximum Gasteiger partial charge on any atom is 0.227 e. The monoisotopic (exact) mass is 628 g/mol. The predicted molar refractivity (Wildman–Crippen MR) is 202 cm³/mol. The second kappa shape index (κ2) is 11.0. The molecule has 10 rings (SSSR count). The van der Waals surface area contributed by atoms with Gasteiger partial charge in [0.2, 0.25) is 5.89 Å². The number of hydrogen-bond donors (Lipinski definition) is 0. The Labute approximate surface area is 282 Å². The lowest BCUT2D eigenvalue weighted by Crippen LogP contribution is -2.10. The van der Waals surface area contributed by atoms with Gasteiger partial charge in [0.1, 0.15) is 16.7 Å². The molecule has 0 N–H and O–H groups in total. The number of hydrogen-bond acceptors (Lipinski definition) is 4. The predicted octanol–water partition coefficient (Wildman–Crippen LogP) is 12.8. The first-order valence-electron chi connectivity index (χ1n) is 16.5. The van der Waals surface area contributed by atoms with Crippen molar-refractivity contribution in [2.24, 2.45) is 0 Å². The van der Waals surface area contributed by atoms with Crippen LogP contribution in [0.3, 0.4) is 0 Å². The van der Waals surface area contributed by atoms with Gasteiger partial charge in [-0.2, -0.15) is 0 Å². The van der Waals surface area contributed by atoms with E-state index in [2.05, 4.69) is 132 Å². The zero-order valence-electron chi connectivity index (χ0n) is 26.4. The summed E-state index contributed by atoms with van der Waals surface area (Å²) in [7, 11) is 0. The molecule has 49 heavy (non-hydrogen) atoms. The van der Waals surface area contributed by atoms with Crippen molar-refractivity contribution in [3.8, 4) is 22.6 Å². The zero-order valence-corrected chi connectivity index (χ0v) is 26.4. The van der Waals surface area contributed by atoms with Gasteiger partial charge < -0.3 is 13.7 Å². The van der Waals surface area contributed by atoms with Crippen molar-refractivity contribution in [1.82, 2.24) is 4.98 Å². The van der Waals surface area contributed by atoms with E-state index in [-0.39, 0.29) is 0 Å². The Morgan fingerprint density at radius 1 is 0.429 bits per heavy atom. The molecule has 0 radical (unpaired) electrons. The molecule has 2 heterocycles. The van der Waals surface area contributed by atoms with Gasteiger partial charge in [0.25, 0.3) is 0 Å². The van der Waals surface area contributed by atoms with Gasteiger partial charge in [-0.15, -0.1) is 0 Å². The van der Waals surface area contributed by atoms with Crippen LogP contribution in [0.2, 0.25) is 0 Å². The van der Waals surface area contributed by atoms with Crippen LogP contribution in [0.1, 0.15) is 0 Å². The lowest BCUT2D eigenvalue weighted by molar-refractivity contribution is 0.623. The van der Waals surface area contributed by atoms with Crippen molar-refractivity contribution < 1.29 is 8.83 Å². The van der Waals surface area contributed by atoms with Crippen LogP contribution in [-0.2, 0) is 0 Å². The van der Waals surface area contributed by atoms with Crippen molar-refractivity contribution in [2.45, 2.75) is 0 Å². The van der Waals surface area contributed by atoms with E-state index in [1.165, 1.54) is 0 Å². The molecule has 2 aromatic heterocycles. The molecule has 0 amide bonds. The molecule has 0 aliphatic heterocycles. The third kappa shape index (κ3) is 4.49. The molecule has 0 atom stereocenters. The van der Waals surface area contributed by atoms with E-state index in [0.29, 0.717) is 5.89 Å². The SMILES string of the molecule is c1ccc(-c2nc3cc(N(c4ccccc4)c4ccc(-c5ccc6c(c5)oc5ccccc56)cc4)c4ccc5ccccc5c4c3o2)cc1. The van der Waals surface area contributed by atoms with Gasteiger partial charge in [0.05, 0.1) is 5.69 Å². The summed E-state index contributed by atoms with van der Waals surface area (Å²) in [6.07, 6.45) is 0. The van der Waals surface area contributed by atoms with Crippen LogP contribution in [0, 0.1) is 0 Å². The van der Waals surface area contributed by atoms with Crippen LogP contribution >= 0.6 is 0 Å². The first-order chi connectivity index (χ1) is 24.3. The van der Waals surface area contributed by atoms with Gasteiger partial charge in [-0.25, -0.2) is 4.98 Å². The van der Waals surface area contributed by atoms with E-state index < -0.39 is 0 Å². The van der Waals surface area contributed by atoms with Crippen molar-refractivity contribution in [3.63, 3.8) is 0 Å². The van der Waals surface area contributed by atoms with Crippen LogP contribution in [0.4, 0.5) is 17.1 Å². The Hall–Kier alpha value is -6.65. The lowest BCUT2D eigenvalue weighted by Gasteiger charge is -2.27. The van der Waals surface area contributed by atoms with Crippen molar-refractivity contribution in [2.75, 3.05) is 4.90 Å². The van der Waals surface area contributed by atoms with E-state index in [9.17, 15) is 0 Å². The summed E-state index contributed by atoms with van der Waals surface area (Å²) in [5.74, 6) is 0.610. The highest BCUT2D eigenvalue weighted by Gasteiger charge is 2.22. The summed E-state index contributed by atoms with van der Waals surface area (Å²) in [5.41, 5.74) is 9.71. The quantitative estimate of drug-likeness (QED) is 0.178. The molecule has 0 aliphatic rings. The van der Waals surface area contributed by atoms with Crippen molar-refractivity contribution >= 4 is 71.6 Å². The Bertz CT molecular complexity index is 2820. The number of benzene rings is 8. The number of anilines is 3. The van der Waals surface area contributed by atoms with Gasteiger partial charge in [-0.1, -0.05) is 109 Å². The molecule has 0 saturated carbocycles. The molecular weight excluding hydrogens is 601 g/mol. The fourth-order valence-electron chi connectivity index (χ4n) is 7.15. The number of para-hydroxylation sites is 2. The van der Waals surface area contributed by atoms with E-state index in [4.69, 9.17) is 13.8 Å². The largest absolute Gasteiger partial charge is 0.456 e. The molecule has 0 unspecified atom stereocenters. The molecule has 10 aromatic rings. The van der Waals surface area contributed by atoms with E-state index in [1.54, 1.807) is 0 Å². The Morgan fingerprint density at radius 2 is 1.08 bits per heavy atom. The number of fused-ring (bicyclic) bond motifs is 8. The van der Waals surface area contributed by atoms with Gasteiger partial charge >= 0.3 is 0 Å². The number of rotatable bonds is 5. The van der Waals surface area contributed by atoms with Crippen molar-refractivity contribution in [1.29, 1.82) is 0 Å². The molecular formula is C45H28N2O2. The molecule has 0 fully saturated rings. The van der Waals surface area contributed by atoms with Crippen LogP contribution in [0.25, 0.3) is 77.2 Å². The zero-order chi connectivity index (χ0) is 32.3. The maximum atomic E-state index is 6.60. The molecule has 4 heteroatoms. The van der Waals surface area contributed by atoms with Gasteiger partial charge in [-0.05, 0) is 82.6 Å². The fourth-order valence-corrected chi connectivity index (χ4v) is 7.15. The topological polar surface area (TPSA) is 42.4 Å². The average Bonchev–Trinajstić information content (AvgIpc) is 3.77. The normalized spacial score (nSPS) is 11.7. The number of nitrogens with zero attached hydrogens (tertiary/aromatic N) is 2. The fraction of sp³-hybridized carbons (Fsp3) is 0. The molecule has 230 valence electrons. The Morgan fingerprint density at radius 3 is 1.92 bits per heavy atom. The summed E-state index contributed by atoms with van der Waals surface area (Å²) in [5, 5.41) is 6.69. The minimum Gasteiger partial charge on any atom is -0.456 e. The summed E-state index contributed by atoms with van der Waals surface area (Å²) < 4.78 is 12.8. The van der Waals surface area contributed by atoms with E-state index in [0.717, 1.165) is 88.3 Å². The Kier molecular flexibility index (Phi) is 6.15. The molecule has 8 aromatic carbocycles. The second-order valence-corrected chi connectivity index (χ2v) is 12.4. The molecule has 0 saturated heterocycles. The highest BCUT2D eigenvalue weighted by molar-refractivity contribution is 6.22. The first kappa shape index (κ1) is 27.5. The highest BCUT2D eigenvalue weighted by atomic mass is 16.3. The van der Waals surface area contributed by atoms with E-state index in [1.807, 2.05) is 42.5 Å². The smallest absolute Gasteiger partial charge is 0.227 e. The van der Waals surface area contributed by atoms with Gasteiger partial charge in [-0.3, -0.25) is 0 Å². The Balaban J connectivity index is 1.17. The minimum absolute atomic E-state index is 0.610. The van der Waals surface area contributed by atoms with Crippen LogP contribution in [0.15, 0.2) is 179 Å². The van der Waals surface area contributed by atoms with Crippen LogP contribution in [-0.4, -0.2) is 4.98 Å². The second-order valence-electron chi connectivity index (χ2n) is 12.4. The number of oxazole rings is 1. The summed E-state index contributed by atoms with van der Waals surface area (Å²) in [4.78, 5) is 7.38. The van der Waals surface area contributed by atoms with Gasteiger partial charge in [0.15, 0.2) is 5.58 Å². The highest BCUT2D eigenvalue weighted by Crippen LogP contribution is 2.45. The molecule has 0 bridgehead atoms. The first-order valence-corrected chi connectivity index (χ1v) is 16.5. The van der Waals surface area contributed by atoms with Crippen molar-refractivity contribution in [3.05, 3.63) is 170 Å². The van der Waals surface area contributed by atoms with Gasteiger partial charge in [0, 0.05) is 38.5 Å². The minimum atomic E-state index is 0.610. The molecule has 0 aliphatic carbocycles. The summed E-state index contributed by atoms with van der Waals surface area (Å²) in [6.45, 7) is 0. The summed E-state index contributed by atoms with van der Waals surface area (Å²) in [6, 6.07) is 59.1. The maximum absolute atomic E-state index is 6.60. The number of aromatic nitrogens is 1. The molecule has 4 nitrogen and oxygen atoms in total. The standard InChI is InChI=1S/C45H28N2O2/c1-3-12-31(13-4-1)45-46-39-28-40(38-26-21-30-11-7-8-16-35(30)43(38)44(39)49-45)47(33-14-5-2-6-15-33)34-23-19-29(20-24-34)32-22-25-37-36-17-9-10-18-41(36)48-42(37)27-32/h1-28H. The van der Waals surface area contributed by atoms with Crippen LogP contribution < -0.4 is 4.90 Å². The number of furan rings is 1. The third-order valence-electron chi connectivity index (χ3n) is 9.47.